The maximum absolute atomic E-state index is 12.8. The largest absolute Gasteiger partial charge is 0.490 e. The molecule has 1 aromatic heterocycles. The Labute approximate surface area is 189 Å². The van der Waals surface area contributed by atoms with Crippen LogP contribution in [0.4, 0.5) is 5.82 Å². The first-order valence-corrected chi connectivity index (χ1v) is 11.4. The number of hydrogen-bond donors (Lipinski definition) is 0. The van der Waals surface area contributed by atoms with Crippen molar-refractivity contribution in [2.45, 2.75) is 52.6 Å². The number of carbonyl (C=O) groups is 1. The average molecular weight is 438 g/mol. The molecule has 1 amide bonds. The van der Waals surface area contributed by atoms with E-state index in [4.69, 9.17) is 19.2 Å². The van der Waals surface area contributed by atoms with Gasteiger partial charge in [0.15, 0.2) is 0 Å². The summed E-state index contributed by atoms with van der Waals surface area (Å²) in [5.74, 6) is 2.02. The molecule has 0 bridgehead atoms. The predicted molar refractivity (Wildman–Crippen MR) is 121 cm³/mol. The summed E-state index contributed by atoms with van der Waals surface area (Å²) >= 11 is 0. The molecule has 0 N–H and O–H groups in total. The molecule has 7 nitrogen and oxygen atoms in total. The molecule has 3 aliphatic rings. The van der Waals surface area contributed by atoms with Gasteiger partial charge >= 0.3 is 0 Å². The van der Waals surface area contributed by atoms with Gasteiger partial charge in [0.1, 0.15) is 17.7 Å². The van der Waals surface area contributed by atoms with E-state index in [1.807, 2.05) is 11.8 Å². The van der Waals surface area contributed by atoms with Gasteiger partial charge in [-0.2, -0.15) is 0 Å². The number of rotatable bonds is 6. The van der Waals surface area contributed by atoms with Crippen molar-refractivity contribution in [2.24, 2.45) is 0 Å². The smallest absolute Gasteiger partial charge is 0.256 e. The van der Waals surface area contributed by atoms with E-state index < -0.39 is 0 Å². The van der Waals surface area contributed by atoms with Crippen LogP contribution in [0.25, 0.3) is 0 Å². The number of piperidine rings is 1. The average Bonchev–Trinajstić information content (AvgIpc) is 3.39. The second-order valence-electron chi connectivity index (χ2n) is 8.95. The molecule has 32 heavy (non-hydrogen) atoms. The first-order chi connectivity index (χ1) is 15.5. The fraction of sp³-hybridized carbons (Fsp3) is 0.520. The number of carbonyl (C=O) groups excluding carboxylic acids is 1. The van der Waals surface area contributed by atoms with E-state index in [2.05, 4.69) is 30.0 Å². The Bertz CT molecular complexity index is 1030. The molecule has 0 spiro atoms. The fourth-order valence-corrected chi connectivity index (χ4v) is 4.94. The van der Waals surface area contributed by atoms with E-state index in [-0.39, 0.29) is 12.0 Å². The number of benzene rings is 1. The van der Waals surface area contributed by atoms with Gasteiger partial charge in [-0.15, -0.1) is 0 Å². The molecule has 7 heteroatoms. The summed E-state index contributed by atoms with van der Waals surface area (Å²) in [6.07, 6.45) is 2.10. The molecule has 1 fully saturated rings. The van der Waals surface area contributed by atoms with Crippen LogP contribution in [-0.4, -0.2) is 55.2 Å². The summed E-state index contributed by atoms with van der Waals surface area (Å²) in [5, 5.41) is 0. The van der Waals surface area contributed by atoms with Crippen LogP contribution in [-0.2, 0) is 29.2 Å². The molecule has 0 aliphatic carbocycles. The topological polar surface area (TPSA) is 64.1 Å². The van der Waals surface area contributed by atoms with Crippen molar-refractivity contribution in [3.63, 3.8) is 0 Å². The van der Waals surface area contributed by atoms with Crippen LogP contribution in [0.1, 0.15) is 51.1 Å². The molecular weight excluding hydrogens is 406 g/mol. The molecule has 3 aliphatic heterocycles. The standard InChI is InChI=1S/C25H31N3O4/c1-16-17(2)24(26-22-13-28(10-11-30-3)25(29)23(16)22)27-8-6-20(7-9-27)32-21-5-4-18-14-31-15-19(18)12-21/h4-5,12,20H,6-11,13-15H2,1-3H3. The van der Waals surface area contributed by atoms with Gasteiger partial charge in [-0.1, -0.05) is 6.07 Å². The second kappa shape index (κ2) is 8.71. The minimum Gasteiger partial charge on any atom is -0.490 e. The lowest BCUT2D eigenvalue weighted by molar-refractivity contribution is 0.0718. The van der Waals surface area contributed by atoms with Crippen molar-refractivity contribution >= 4 is 11.7 Å². The molecule has 1 aromatic carbocycles. The molecule has 0 atom stereocenters. The summed E-state index contributed by atoms with van der Waals surface area (Å²) in [7, 11) is 1.66. The van der Waals surface area contributed by atoms with Crippen molar-refractivity contribution in [2.75, 3.05) is 38.3 Å². The van der Waals surface area contributed by atoms with Gasteiger partial charge in [-0.3, -0.25) is 4.79 Å². The summed E-state index contributed by atoms with van der Waals surface area (Å²) < 4.78 is 17.0. The SMILES string of the molecule is COCCN1Cc2nc(N3CCC(Oc4ccc5c(c4)COC5)CC3)c(C)c(C)c2C1=O. The maximum Gasteiger partial charge on any atom is 0.256 e. The quantitative estimate of drug-likeness (QED) is 0.690. The summed E-state index contributed by atoms with van der Waals surface area (Å²) in [4.78, 5) is 22.0. The molecule has 0 unspecified atom stereocenters. The van der Waals surface area contributed by atoms with Gasteiger partial charge in [0.25, 0.3) is 5.91 Å². The highest BCUT2D eigenvalue weighted by atomic mass is 16.5. The number of aromatic nitrogens is 1. The van der Waals surface area contributed by atoms with Crippen LogP contribution >= 0.6 is 0 Å². The minimum absolute atomic E-state index is 0.0727. The number of methoxy groups -OCH3 is 1. The Morgan fingerprint density at radius 1 is 1.12 bits per heavy atom. The Balaban J connectivity index is 1.26. The number of anilines is 1. The summed E-state index contributed by atoms with van der Waals surface area (Å²) in [6, 6.07) is 6.29. The third kappa shape index (κ3) is 3.84. The van der Waals surface area contributed by atoms with Crippen molar-refractivity contribution in [1.29, 1.82) is 0 Å². The van der Waals surface area contributed by atoms with Gasteiger partial charge in [0, 0.05) is 39.6 Å². The lowest BCUT2D eigenvalue weighted by Crippen LogP contribution is -2.39. The molecule has 4 heterocycles. The third-order valence-electron chi connectivity index (χ3n) is 6.95. The predicted octanol–water partition coefficient (Wildman–Crippen LogP) is 3.38. The molecular formula is C25H31N3O4. The van der Waals surface area contributed by atoms with Crippen molar-refractivity contribution in [3.8, 4) is 5.75 Å². The van der Waals surface area contributed by atoms with Gasteiger partial charge in [0.05, 0.1) is 37.6 Å². The normalized spacial score (nSPS) is 18.3. The Hall–Kier alpha value is -2.64. The molecule has 0 radical (unpaired) electrons. The van der Waals surface area contributed by atoms with E-state index in [1.54, 1.807) is 7.11 Å². The number of nitrogens with zero attached hydrogens (tertiary/aromatic N) is 3. The van der Waals surface area contributed by atoms with Crippen molar-refractivity contribution < 1.29 is 19.0 Å². The Morgan fingerprint density at radius 2 is 1.91 bits per heavy atom. The monoisotopic (exact) mass is 437 g/mol. The zero-order valence-corrected chi connectivity index (χ0v) is 19.1. The number of hydrogen-bond acceptors (Lipinski definition) is 6. The highest BCUT2D eigenvalue weighted by molar-refractivity contribution is 6.00. The zero-order valence-electron chi connectivity index (χ0n) is 19.1. The van der Waals surface area contributed by atoms with Crippen LogP contribution in [0.2, 0.25) is 0 Å². The summed E-state index contributed by atoms with van der Waals surface area (Å²) in [6.45, 7) is 9.00. The van der Waals surface area contributed by atoms with E-state index in [9.17, 15) is 4.79 Å². The molecule has 5 rings (SSSR count). The van der Waals surface area contributed by atoms with Crippen LogP contribution in [0.3, 0.4) is 0 Å². The molecule has 170 valence electrons. The lowest BCUT2D eigenvalue weighted by atomic mass is 10.0. The molecule has 1 saturated heterocycles. The van der Waals surface area contributed by atoms with E-state index in [0.29, 0.717) is 32.9 Å². The number of pyridine rings is 1. The Morgan fingerprint density at radius 3 is 2.69 bits per heavy atom. The van der Waals surface area contributed by atoms with Crippen molar-refractivity contribution in [3.05, 3.63) is 51.7 Å². The summed E-state index contributed by atoms with van der Waals surface area (Å²) in [5.41, 5.74) is 6.32. The van der Waals surface area contributed by atoms with Crippen LogP contribution in [0.15, 0.2) is 18.2 Å². The zero-order chi connectivity index (χ0) is 22.2. The number of ether oxygens (including phenoxy) is 3. The van der Waals surface area contributed by atoms with E-state index >= 15 is 0 Å². The van der Waals surface area contributed by atoms with E-state index in [1.165, 1.54) is 11.1 Å². The van der Waals surface area contributed by atoms with Gasteiger partial charge in [0.2, 0.25) is 0 Å². The van der Waals surface area contributed by atoms with Crippen molar-refractivity contribution in [1.82, 2.24) is 9.88 Å². The van der Waals surface area contributed by atoms with Gasteiger partial charge in [-0.25, -0.2) is 4.98 Å². The van der Waals surface area contributed by atoms with Gasteiger partial charge in [-0.05, 0) is 48.2 Å². The van der Waals surface area contributed by atoms with Crippen LogP contribution in [0, 0.1) is 13.8 Å². The fourth-order valence-electron chi connectivity index (χ4n) is 4.94. The minimum atomic E-state index is 0.0727. The Kier molecular flexibility index (Phi) is 5.78. The lowest BCUT2D eigenvalue weighted by Gasteiger charge is -2.34. The highest BCUT2D eigenvalue weighted by Gasteiger charge is 2.33. The van der Waals surface area contributed by atoms with Crippen LogP contribution < -0.4 is 9.64 Å². The number of fused-ring (bicyclic) bond motifs is 2. The van der Waals surface area contributed by atoms with Crippen LogP contribution in [0.5, 0.6) is 5.75 Å². The second-order valence-corrected chi connectivity index (χ2v) is 8.95. The van der Waals surface area contributed by atoms with E-state index in [0.717, 1.165) is 59.9 Å². The third-order valence-corrected chi connectivity index (χ3v) is 6.95. The maximum atomic E-state index is 12.8. The first-order valence-electron chi connectivity index (χ1n) is 11.4. The van der Waals surface area contributed by atoms with Gasteiger partial charge < -0.3 is 24.0 Å². The first kappa shape index (κ1) is 21.2. The molecule has 0 saturated carbocycles. The highest BCUT2D eigenvalue weighted by Crippen LogP contribution is 2.33. The number of amides is 1. The molecule has 2 aromatic rings.